The van der Waals surface area contributed by atoms with Crippen LogP contribution in [0.3, 0.4) is 0 Å². The summed E-state index contributed by atoms with van der Waals surface area (Å²) in [5, 5.41) is 23.7. The summed E-state index contributed by atoms with van der Waals surface area (Å²) >= 11 is 0. The second-order valence-electron chi connectivity index (χ2n) is 9.40. The number of Topliss-reactive ketones (excluding diaryl/α,β-unsaturated/α-hetero) is 1. The van der Waals surface area contributed by atoms with E-state index in [0.29, 0.717) is 55.0 Å². The standard InChI is InChI=1S/C26H36N4O5/c1-6-33-22-15-23(34-7-2)29-30-24(27)17(16-28-25(22)30)8-9-21(32)18-12-19(26(3,4)5)14-20(13-18)35-11-10-31/h12-15,17,27,31H,6-11,16H2,1-5H3. The van der Waals surface area contributed by atoms with Gasteiger partial charge in [0.1, 0.15) is 18.2 Å². The second kappa shape index (κ2) is 11.5. The number of ketones is 1. The molecule has 2 aliphatic rings. The smallest absolute Gasteiger partial charge is 0.235 e. The highest BCUT2D eigenvalue weighted by atomic mass is 16.5. The highest BCUT2D eigenvalue weighted by molar-refractivity contribution is 6.14. The molecule has 0 saturated heterocycles. The van der Waals surface area contributed by atoms with Crippen molar-refractivity contribution in [1.82, 2.24) is 5.01 Å². The van der Waals surface area contributed by atoms with Gasteiger partial charge in [0.15, 0.2) is 17.4 Å². The molecule has 190 valence electrons. The van der Waals surface area contributed by atoms with Gasteiger partial charge in [0, 0.05) is 24.0 Å². The lowest BCUT2D eigenvalue weighted by atomic mass is 9.85. The number of hydrogen-bond donors (Lipinski definition) is 2. The third-order valence-corrected chi connectivity index (χ3v) is 5.72. The van der Waals surface area contributed by atoms with Crippen LogP contribution in [0.1, 0.15) is 63.4 Å². The zero-order valence-corrected chi connectivity index (χ0v) is 21.3. The Morgan fingerprint density at radius 3 is 2.57 bits per heavy atom. The number of hydrogen-bond acceptors (Lipinski definition) is 8. The van der Waals surface area contributed by atoms with Crippen LogP contribution in [0.25, 0.3) is 0 Å². The number of ether oxygens (including phenoxy) is 3. The lowest BCUT2D eigenvalue weighted by Crippen LogP contribution is -2.45. The first-order valence-corrected chi connectivity index (χ1v) is 12.1. The van der Waals surface area contributed by atoms with Crippen molar-refractivity contribution in [2.75, 3.05) is 33.0 Å². The van der Waals surface area contributed by atoms with Crippen LogP contribution < -0.4 is 4.74 Å². The van der Waals surface area contributed by atoms with Crippen molar-refractivity contribution >= 4 is 23.4 Å². The molecule has 3 rings (SSSR count). The first-order valence-electron chi connectivity index (χ1n) is 12.1. The molecule has 0 bridgehead atoms. The van der Waals surface area contributed by atoms with Gasteiger partial charge in [-0.2, -0.15) is 5.01 Å². The van der Waals surface area contributed by atoms with Crippen LogP contribution >= 0.6 is 0 Å². The summed E-state index contributed by atoms with van der Waals surface area (Å²) < 4.78 is 16.8. The van der Waals surface area contributed by atoms with Gasteiger partial charge in [-0.1, -0.05) is 20.8 Å². The molecule has 35 heavy (non-hydrogen) atoms. The van der Waals surface area contributed by atoms with Gasteiger partial charge in [-0.15, -0.1) is 5.10 Å². The molecule has 2 aliphatic heterocycles. The summed E-state index contributed by atoms with van der Waals surface area (Å²) in [6.45, 7) is 11.3. The fraction of sp³-hybridized carbons (Fsp3) is 0.538. The minimum absolute atomic E-state index is 0.0282. The number of benzene rings is 1. The molecule has 2 N–H and O–H groups in total. The normalized spacial score (nSPS) is 17.8. The van der Waals surface area contributed by atoms with Crippen molar-refractivity contribution in [1.29, 1.82) is 5.41 Å². The lowest BCUT2D eigenvalue weighted by molar-refractivity contribution is 0.0976. The van der Waals surface area contributed by atoms with Crippen LogP contribution in [-0.4, -0.2) is 66.4 Å². The molecule has 0 saturated carbocycles. The summed E-state index contributed by atoms with van der Waals surface area (Å²) in [7, 11) is 0. The van der Waals surface area contributed by atoms with E-state index in [2.05, 4.69) is 30.9 Å². The highest BCUT2D eigenvalue weighted by Crippen LogP contribution is 2.29. The highest BCUT2D eigenvalue weighted by Gasteiger charge is 2.34. The number of amidine groups is 2. The largest absolute Gasteiger partial charge is 0.491 e. The number of carbonyl (C=O) groups is 1. The van der Waals surface area contributed by atoms with E-state index >= 15 is 0 Å². The Morgan fingerprint density at radius 2 is 1.91 bits per heavy atom. The molecule has 0 amide bonds. The average Bonchev–Trinajstić information content (AvgIpc) is 2.82. The molecule has 1 aromatic rings. The van der Waals surface area contributed by atoms with Gasteiger partial charge < -0.3 is 19.3 Å². The number of aliphatic hydroxyl groups excluding tert-OH is 1. The minimum Gasteiger partial charge on any atom is -0.491 e. The molecular formula is C26H36N4O5. The molecule has 1 aromatic carbocycles. The van der Waals surface area contributed by atoms with Crippen LogP contribution in [0.5, 0.6) is 5.75 Å². The first-order chi connectivity index (χ1) is 16.7. The Kier molecular flexibility index (Phi) is 8.67. The van der Waals surface area contributed by atoms with Crippen molar-refractivity contribution in [2.45, 2.75) is 52.9 Å². The number of carbonyl (C=O) groups excluding carboxylic acids is 1. The van der Waals surface area contributed by atoms with Gasteiger partial charge in [-0.05, 0) is 49.4 Å². The van der Waals surface area contributed by atoms with E-state index in [4.69, 9.17) is 24.7 Å². The van der Waals surface area contributed by atoms with E-state index in [1.54, 1.807) is 12.1 Å². The Hall–Kier alpha value is -3.20. The van der Waals surface area contributed by atoms with E-state index in [9.17, 15) is 4.79 Å². The number of aliphatic imine (C=N–C) groups is 1. The molecular weight excluding hydrogens is 448 g/mol. The van der Waals surface area contributed by atoms with Crippen molar-refractivity contribution in [3.05, 3.63) is 41.2 Å². The van der Waals surface area contributed by atoms with Gasteiger partial charge in [-0.3, -0.25) is 15.2 Å². The summed E-state index contributed by atoms with van der Waals surface area (Å²) in [6, 6.07) is 5.53. The van der Waals surface area contributed by atoms with Crippen molar-refractivity contribution in [3.63, 3.8) is 0 Å². The van der Waals surface area contributed by atoms with E-state index in [-0.39, 0.29) is 42.6 Å². The summed E-state index contributed by atoms with van der Waals surface area (Å²) in [5.74, 6) is 1.93. The molecule has 0 spiro atoms. The van der Waals surface area contributed by atoms with Crippen LogP contribution in [-0.2, 0) is 14.9 Å². The Labute approximate surface area is 207 Å². The minimum atomic E-state index is -0.258. The lowest BCUT2D eigenvalue weighted by Gasteiger charge is -2.33. The molecule has 9 nitrogen and oxygen atoms in total. The topological polar surface area (TPSA) is 117 Å². The van der Waals surface area contributed by atoms with Gasteiger partial charge >= 0.3 is 0 Å². The molecule has 1 atom stereocenters. The van der Waals surface area contributed by atoms with Crippen molar-refractivity contribution in [2.24, 2.45) is 16.0 Å². The molecule has 0 aliphatic carbocycles. The number of aliphatic hydroxyl groups is 1. The van der Waals surface area contributed by atoms with Crippen molar-refractivity contribution in [3.8, 4) is 5.75 Å². The Morgan fingerprint density at radius 1 is 1.17 bits per heavy atom. The van der Waals surface area contributed by atoms with E-state index < -0.39 is 0 Å². The number of nitrogens with one attached hydrogen (secondary N) is 1. The third-order valence-electron chi connectivity index (χ3n) is 5.72. The van der Waals surface area contributed by atoms with Crippen LogP contribution in [0.15, 0.2) is 40.1 Å². The number of hydrazone groups is 1. The predicted molar refractivity (Wildman–Crippen MR) is 135 cm³/mol. The van der Waals surface area contributed by atoms with E-state index in [0.717, 1.165) is 5.56 Å². The maximum absolute atomic E-state index is 13.2. The fourth-order valence-electron chi connectivity index (χ4n) is 3.82. The molecule has 0 fully saturated rings. The second-order valence-corrected chi connectivity index (χ2v) is 9.40. The molecule has 2 heterocycles. The molecule has 0 radical (unpaired) electrons. The zero-order valence-electron chi connectivity index (χ0n) is 21.3. The van der Waals surface area contributed by atoms with Gasteiger partial charge in [0.25, 0.3) is 0 Å². The van der Waals surface area contributed by atoms with Gasteiger partial charge in [0.05, 0.1) is 26.4 Å². The van der Waals surface area contributed by atoms with Crippen molar-refractivity contribution < 1.29 is 24.1 Å². The molecule has 9 heteroatoms. The first kappa shape index (κ1) is 26.4. The van der Waals surface area contributed by atoms with Crippen LogP contribution in [0.2, 0.25) is 0 Å². The van der Waals surface area contributed by atoms with E-state index in [1.807, 2.05) is 26.0 Å². The van der Waals surface area contributed by atoms with E-state index in [1.165, 1.54) is 5.01 Å². The third kappa shape index (κ3) is 6.48. The quantitative estimate of drug-likeness (QED) is 0.486. The predicted octanol–water partition coefficient (Wildman–Crippen LogP) is 3.91. The maximum Gasteiger partial charge on any atom is 0.235 e. The SMILES string of the molecule is CCOC1=CC(OCC)=NN2C(=N)C(CCC(=O)c3cc(OCCO)cc(C(C)(C)C)c3)CN=C12. The number of nitrogens with zero attached hydrogens (tertiary/aromatic N) is 3. The zero-order chi connectivity index (χ0) is 25.6. The molecule has 1 unspecified atom stereocenters. The number of rotatable bonds is 10. The van der Waals surface area contributed by atoms with Crippen LogP contribution in [0, 0.1) is 11.3 Å². The fourth-order valence-corrected chi connectivity index (χ4v) is 3.82. The van der Waals surface area contributed by atoms with Crippen LogP contribution in [0.4, 0.5) is 0 Å². The summed E-state index contributed by atoms with van der Waals surface area (Å²) in [5.41, 5.74) is 1.38. The van der Waals surface area contributed by atoms with Gasteiger partial charge in [0.2, 0.25) is 5.90 Å². The van der Waals surface area contributed by atoms with Gasteiger partial charge in [-0.25, -0.2) is 0 Å². The monoisotopic (exact) mass is 484 g/mol. The number of fused-ring (bicyclic) bond motifs is 1. The Bertz CT molecular complexity index is 1040. The summed E-state index contributed by atoms with van der Waals surface area (Å²) in [4.78, 5) is 17.8. The maximum atomic E-state index is 13.2. The average molecular weight is 485 g/mol. The summed E-state index contributed by atoms with van der Waals surface area (Å²) in [6.07, 6.45) is 2.41. The Balaban J connectivity index is 1.75. The molecule has 0 aromatic heterocycles.